The van der Waals surface area contributed by atoms with Crippen molar-refractivity contribution in [3.63, 3.8) is 0 Å². The fraction of sp³-hybridized carbons (Fsp3) is 0.154. The van der Waals surface area contributed by atoms with E-state index in [1.807, 2.05) is 12.1 Å². The highest BCUT2D eigenvalue weighted by Gasteiger charge is 2.09. The summed E-state index contributed by atoms with van der Waals surface area (Å²) in [6, 6.07) is 9.17. The molecule has 0 aliphatic heterocycles. The van der Waals surface area contributed by atoms with Crippen LogP contribution >= 0.6 is 27.3 Å². The van der Waals surface area contributed by atoms with E-state index in [-0.39, 0.29) is 5.91 Å². The largest absolute Gasteiger partial charge is 0.398 e. The average molecular weight is 325 g/mol. The normalized spacial score (nSPS) is 10.3. The van der Waals surface area contributed by atoms with Crippen molar-refractivity contribution in [2.75, 3.05) is 11.1 Å². The maximum absolute atomic E-state index is 12.0. The molecule has 0 aliphatic rings. The van der Waals surface area contributed by atoms with Crippen LogP contribution in [0.25, 0.3) is 0 Å². The molecule has 3 nitrogen and oxygen atoms in total. The lowest BCUT2D eigenvalue weighted by Gasteiger charge is -2.05. The van der Waals surface area contributed by atoms with E-state index >= 15 is 0 Å². The molecule has 1 aromatic carbocycles. The zero-order chi connectivity index (χ0) is 13.1. The second-order valence-corrected chi connectivity index (χ2v) is 5.83. The Morgan fingerprint density at radius 1 is 1.39 bits per heavy atom. The summed E-state index contributed by atoms with van der Waals surface area (Å²) in [6.07, 6.45) is 0.950. The van der Waals surface area contributed by atoms with Gasteiger partial charge in [-0.25, -0.2) is 0 Å². The van der Waals surface area contributed by atoms with E-state index in [2.05, 4.69) is 28.2 Å². The Labute approximate surface area is 118 Å². The molecule has 0 aliphatic carbocycles. The fourth-order valence-corrected chi connectivity index (χ4v) is 2.71. The number of hydrogen-bond donors (Lipinski definition) is 2. The van der Waals surface area contributed by atoms with Gasteiger partial charge in [0.15, 0.2) is 0 Å². The van der Waals surface area contributed by atoms with Crippen molar-refractivity contribution < 1.29 is 4.79 Å². The molecule has 0 spiro atoms. The third kappa shape index (κ3) is 2.91. The van der Waals surface area contributed by atoms with E-state index in [9.17, 15) is 4.79 Å². The zero-order valence-corrected chi connectivity index (χ0v) is 12.3. The molecule has 2 rings (SSSR count). The lowest BCUT2D eigenvalue weighted by atomic mass is 10.3. The van der Waals surface area contributed by atoms with Gasteiger partial charge in [0.05, 0.1) is 4.88 Å². The summed E-state index contributed by atoms with van der Waals surface area (Å²) < 4.78 is 0.778. The number of rotatable bonds is 3. The first-order valence-electron chi connectivity index (χ1n) is 5.55. The van der Waals surface area contributed by atoms with E-state index in [0.29, 0.717) is 5.69 Å². The van der Waals surface area contributed by atoms with Crippen molar-refractivity contribution in [2.45, 2.75) is 13.3 Å². The van der Waals surface area contributed by atoms with Crippen LogP contribution in [0, 0.1) is 0 Å². The van der Waals surface area contributed by atoms with Gasteiger partial charge in [-0.05, 0) is 52.7 Å². The molecule has 5 heteroatoms. The number of aryl methyl sites for hydroxylation is 1. The van der Waals surface area contributed by atoms with Crippen LogP contribution in [0.4, 0.5) is 11.4 Å². The highest BCUT2D eigenvalue weighted by molar-refractivity contribution is 9.10. The van der Waals surface area contributed by atoms with E-state index in [4.69, 9.17) is 5.73 Å². The minimum atomic E-state index is -0.0867. The van der Waals surface area contributed by atoms with Crippen LogP contribution in [0.5, 0.6) is 0 Å². The third-order valence-corrected chi connectivity index (χ3v) is 4.41. The van der Waals surface area contributed by atoms with Crippen LogP contribution in [-0.4, -0.2) is 5.91 Å². The monoisotopic (exact) mass is 324 g/mol. The number of nitrogens with two attached hydrogens (primary N) is 1. The van der Waals surface area contributed by atoms with Crippen molar-refractivity contribution in [1.82, 2.24) is 0 Å². The second-order valence-electron chi connectivity index (χ2n) is 3.81. The Hall–Kier alpha value is -1.33. The molecule has 1 heterocycles. The van der Waals surface area contributed by atoms with Crippen LogP contribution in [-0.2, 0) is 6.42 Å². The summed E-state index contributed by atoms with van der Waals surface area (Å²) in [4.78, 5) is 13.9. The number of nitrogens with one attached hydrogen (secondary N) is 1. The maximum Gasteiger partial charge on any atom is 0.265 e. The van der Waals surface area contributed by atoms with E-state index < -0.39 is 0 Å². The number of nitrogen functional groups attached to an aromatic ring is 1. The Balaban J connectivity index is 2.13. The topological polar surface area (TPSA) is 55.1 Å². The van der Waals surface area contributed by atoms with Crippen molar-refractivity contribution in [3.8, 4) is 0 Å². The van der Waals surface area contributed by atoms with Gasteiger partial charge in [0.2, 0.25) is 0 Å². The van der Waals surface area contributed by atoms with Crippen LogP contribution in [0.2, 0.25) is 0 Å². The SMILES string of the molecule is CCc1ccc(C(=O)Nc2ccc(N)c(Br)c2)s1. The number of anilines is 2. The number of amides is 1. The molecule has 94 valence electrons. The summed E-state index contributed by atoms with van der Waals surface area (Å²) in [6.45, 7) is 2.07. The number of benzene rings is 1. The summed E-state index contributed by atoms with van der Waals surface area (Å²) in [5.74, 6) is -0.0867. The van der Waals surface area contributed by atoms with Gasteiger partial charge in [0.25, 0.3) is 5.91 Å². The quantitative estimate of drug-likeness (QED) is 0.841. The maximum atomic E-state index is 12.0. The average Bonchev–Trinajstić information content (AvgIpc) is 2.82. The van der Waals surface area contributed by atoms with Gasteiger partial charge in [-0.2, -0.15) is 0 Å². The standard InChI is InChI=1S/C13H13BrN2OS/c1-2-9-4-6-12(18-9)13(17)16-8-3-5-11(15)10(14)7-8/h3-7H,2,15H2,1H3,(H,16,17). The molecule has 0 saturated carbocycles. The van der Waals surface area contributed by atoms with Crippen LogP contribution in [0.15, 0.2) is 34.8 Å². The van der Waals surface area contributed by atoms with Gasteiger partial charge in [-0.3, -0.25) is 4.79 Å². The third-order valence-electron chi connectivity index (χ3n) is 2.49. The predicted octanol–water partition coefficient (Wildman–Crippen LogP) is 3.91. The smallest absolute Gasteiger partial charge is 0.265 e. The molecular formula is C13H13BrN2OS. The Morgan fingerprint density at radius 2 is 2.17 bits per heavy atom. The van der Waals surface area contributed by atoms with E-state index in [1.54, 1.807) is 18.2 Å². The van der Waals surface area contributed by atoms with E-state index in [1.165, 1.54) is 16.2 Å². The lowest BCUT2D eigenvalue weighted by Crippen LogP contribution is -2.10. The molecular weight excluding hydrogens is 312 g/mol. The van der Waals surface area contributed by atoms with Crippen LogP contribution < -0.4 is 11.1 Å². The molecule has 0 radical (unpaired) electrons. The van der Waals surface area contributed by atoms with Crippen molar-refractivity contribution in [1.29, 1.82) is 0 Å². The molecule has 2 aromatic rings. The minimum Gasteiger partial charge on any atom is -0.398 e. The zero-order valence-electron chi connectivity index (χ0n) is 9.87. The minimum absolute atomic E-state index is 0.0867. The number of hydrogen-bond acceptors (Lipinski definition) is 3. The summed E-state index contributed by atoms with van der Waals surface area (Å²) in [5.41, 5.74) is 7.07. The first kappa shape index (κ1) is 13.1. The summed E-state index contributed by atoms with van der Waals surface area (Å²) in [7, 11) is 0. The lowest BCUT2D eigenvalue weighted by molar-refractivity contribution is 0.103. The Kier molecular flexibility index (Phi) is 4.04. The molecule has 0 fully saturated rings. The number of carbonyl (C=O) groups is 1. The molecule has 0 atom stereocenters. The molecule has 0 unspecified atom stereocenters. The molecule has 0 saturated heterocycles. The number of thiophene rings is 1. The second kappa shape index (κ2) is 5.54. The summed E-state index contributed by atoms with van der Waals surface area (Å²) in [5, 5.41) is 2.85. The van der Waals surface area contributed by atoms with Gasteiger partial charge >= 0.3 is 0 Å². The molecule has 18 heavy (non-hydrogen) atoms. The number of carbonyl (C=O) groups excluding carboxylic acids is 1. The molecule has 1 amide bonds. The Morgan fingerprint density at radius 3 is 2.78 bits per heavy atom. The van der Waals surface area contributed by atoms with Crippen LogP contribution in [0.3, 0.4) is 0 Å². The van der Waals surface area contributed by atoms with Gasteiger partial charge in [0, 0.05) is 20.7 Å². The van der Waals surface area contributed by atoms with E-state index in [0.717, 1.165) is 21.5 Å². The van der Waals surface area contributed by atoms with Crippen molar-refractivity contribution in [2.24, 2.45) is 0 Å². The summed E-state index contributed by atoms with van der Waals surface area (Å²) >= 11 is 4.85. The molecule has 0 bridgehead atoms. The first-order valence-corrected chi connectivity index (χ1v) is 7.16. The first-order chi connectivity index (χ1) is 8.60. The van der Waals surface area contributed by atoms with Gasteiger partial charge in [0.1, 0.15) is 0 Å². The molecule has 3 N–H and O–H groups in total. The Bertz CT molecular complexity index is 580. The highest BCUT2D eigenvalue weighted by atomic mass is 79.9. The number of halogens is 1. The predicted molar refractivity (Wildman–Crippen MR) is 80.2 cm³/mol. The van der Waals surface area contributed by atoms with Crippen molar-refractivity contribution >= 4 is 44.5 Å². The van der Waals surface area contributed by atoms with Crippen molar-refractivity contribution in [3.05, 3.63) is 44.6 Å². The van der Waals surface area contributed by atoms with Gasteiger partial charge in [-0.1, -0.05) is 6.92 Å². The van der Waals surface area contributed by atoms with Gasteiger partial charge in [-0.15, -0.1) is 11.3 Å². The van der Waals surface area contributed by atoms with Gasteiger partial charge < -0.3 is 11.1 Å². The fourth-order valence-electron chi connectivity index (χ4n) is 1.49. The highest BCUT2D eigenvalue weighted by Crippen LogP contribution is 2.24. The molecule has 1 aromatic heterocycles. The van der Waals surface area contributed by atoms with Crippen LogP contribution in [0.1, 0.15) is 21.5 Å².